The lowest BCUT2D eigenvalue weighted by atomic mass is 9.71. The Kier molecular flexibility index (Phi) is 3.77. The van der Waals surface area contributed by atoms with E-state index in [4.69, 9.17) is 0 Å². The molecule has 3 nitrogen and oxygen atoms in total. The highest BCUT2D eigenvalue weighted by Gasteiger charge is 2.54. The summed E-state index contributed by atoms with van der Waals surface area (Å²) in [5.74, 6) is -0.813. The number of ketones is 2. The van der Waals surface area contributed by atoms with Crippen LogP contribution in [0.25, 0.3) is 6.08 Å². The number of aliphatic hydroxyl groups is 1. The molecule has 1 N–H and O–H groups in total. The number of carbonyl (C=O) groups excluding carboxylic acids is 2. The molecule has 0 saturated heterocycles. The lowest BCUT2D eigenvalue weighted by Crippen LogP contribution is -2.35. The normalized spacial score (nSPS) is 35.6. The molecule has 2 aliphatic rings. The molecule has 1 aromatic rings. The summed E-state index contributed by atoms with van der Waals surface area (Å²) in [7, 11) is 0. The lowest BCUT2D eigenvalue weighted by Gasteiger charge is -2.30. The maximum absolute atomic E-state index is 12.6. The van der Waals surface area contributed by atoms with E-state index in [9.17, 15) is 14.7 Å². The fraction of sp³-hybridized carbons (Fsp3) is 0.444. The van der Waals surface area contributed by atoms with Crippen molar-refractivity contribution in [3.63, 3.8) is 0 Å². The van der Waals surface area contributed by atoms with Crippen LogP contribution in [0.15, 0.2) is 36.4 Å². The van der Waals surface area contributed by atoms with Gasteiger partial charge in [-0.05, 0) is 17.9 Å². The van der Waals surface area contributed by atoms with E-state index in [1.807, 2.05) is 49.4 Å². The molecule has 2 bridgehead atoms. The molecule has 0 unspecified atom stereocenters. The molecule has 110 valence electrons. The van der Waals surface area contributed by atoms with Crippen LogP contribution in [0.3, 0.4) is 0 Å². The van der Waals surface area contributed by atoms with E-state index in [1.54, 1.807) is 0 Å². The Morgan fingerprint density at radius 1 is 1.14 bits per heavy atom. The molecule has 1 aromatic carbocycles. The number of allylic oxidation sites excluding steroid dienone is 1. The van der Waals surface area contributed by atoms with Gasteiger partial charge < -0.3 is 5.11 Å². The first kappa shape index (κ1) is 14.2. The van der Waals surface area contributed by atoms with Crippen molar-refractivity contribution in [3.8, 4) is 0 Å². The fourth-order valence-corrected chi connectivity index (χ4v) is 3.84. The number of benzene rings is 1. The van der Waals surface area contributed by atoms with Crippen LogP contribution in [0.2, 0.25) is 0 Å². The van der Waals surface area contributed by atoms with Gasteiger partial charge in [-0.3, -0.25) is 9.59 Å². The van der Waals surface area contributed by atoms with Gasteiger partial charge in [0.15, 0.2) is 0 Å². The van der Waals surface area contributed by atoms with Gasteiger partial charge in [0, 0.05) is 17.8 Å². The largest absolute Gasteiger partial charge is 0.396 e. The zero-order valence-electron chi connectivity index (χ0n) is 12.1. The summed E-state index contributed by atoms with van der Waals surface area (Å²) in [6.45, 7) is 1.78. The van der Waals surface area contributed by atoms with Crippen molar-refractivity contribution in [1.29, 1.82) is 0 Å². The van der Waals surface area contributed by atoms with E-state index in [0.717, 1.165) is 5.56 Å². The monoisotopic (exact) mass is 284 g/mol. The van der Waals surface area contributed by atoms with Gasteiger partial charge in [-0.1, -0.05) is 49.4 Å². The third-order valence-electron chi connectivity index (χ3n) is 5.11. The predicted octanol–water partition coefficient (Wildman–Crippen LogP) is 2.35. The molecule has 0 aliphatic heterocycles. The van der Waals surface area contributed by atoms with Crippen molar-refractivity contribution < 1.29 is 14.7 Å². The van der Waals surface area contributed by atoms with Gasteiger partial charge in [-0.15, -0.1) is 0 Å². The summed E-state index contributed by atoms with van der Waals surface area (Å²) in [6.07, 6.45) is 4.52. The SMILES string of the molecule is C[C@H]1[C@H](/C=C/c2ccccc2)C(=O)[C@@H]2C[C@H]1C(=O)[C@@H]2CO. The Morgan fingerprint density at radius 3 is 2.52 bits per heavy atom. The number of Topliss-reactive ketones (excluding diaryl/α,β-unsaturated/α-hetero) is 2. The second-order valence-electron chi connectivity index (χ2n) is 6.20. The molecular weight excluding hydrogens is 264 g/mol. The van der Waals surface area contributed by atoms with Crippen LogP contribution in [0.4, 0.5) is 0 Å². The van der Waals surface area contributed by atoms with Crippen molar-refractivity contribution in [3.05, 3.63) is 42.0 Å². The van der Waals surface area contributed by atoms with Crippen LogP contribution < -0.4 is 0 Å². The molecule has 0 spiro atoms. The van der Waals surface area contributed by atoms with Crippen LogP contribution in [-0.4, -0.2) is 23.3 Å². The maximum atomic E-state index is 12.6. The third-order valence-corrected chi connectivity index (χ3v) is 5.11. The molecule has 2 fully saturated rings. The highest BCUT2D eigenvalue weighted by atomic mass is 16.3. The number of fused-ring (bicyclic) bond motifs is 2. The van der Waals surface area contributed by atoms with Crippen LogP contribution in [0.1, 0.15) is 18.9 Å². The van der Waals surface area contributed by atoms with Crippen LogP contribution in [0, 0.1) is 29.6 Å². The second kappa shape index (κ2) is 5.57. The van der Waals surface area contributed by atoms with Gasteiger partial charge in [0.25, 0.3) is 0 Å². The molecule has 0 amide bonds. The number of aliphatic hydroxyl groups excluding tert-OH is 1. The zero-order valence-corrected chi connectivity index (χ0v) is 12.1. The molecular formula is C18H20O3. The quantitative estimate of drug-likeness (QED) is 0.927. The minimum absolute atomic E-state index is 0.0257. The first-order valence-corrected chi connectivity index (χ1v) is 7.55. The van der Waals surface area contributed by atoms with Crippen LogP contribution in [0.5, 0.6) is 0 Å². The number of carbonyl (C=O) groups is 2. The van der Waals surface area contributed by atoms with Gasteiger partial charge in [-0.25, -0.2) is 0 Å². The Hall–Kier alpha value is -1.74. The molecule has 2 aliphatic carbocycles. The highest BCUT2D eigenvalue weighted by Crippen LogP contribution is 2.47. The van der Waals surface area contributed by atoms with Gasteiger partial charge in [0.05, 0.1) is 12.5 Å². The van der Waals surface area contributed by atoms with Crippen molar-refractivity contribution in [1.82, 2.24) is 0 Å². The molecule has 5 atom stereocenters. The van der Waals surface area contributed by atoms with E-state index in [0.29, 0.717) is 6.42 Å². The smallest absolute Gasteiger partial charge is 0.143 e. The Labute approximate surface area is 124 Å². The first-order chi connectivity index (χ1) is 10.1. The van der Waals surface area contributed by atoms with E-state index in [1.165, 1.54) is 0 Å². The van der Waals surface area contributed by atoms with Crippen molar-refractivity contribution >= 4 is 17.6 Å². The standard InChI is InChI=1S/C18H20O3/c1-11-13(8-7-12-5-3-2-4-6-12)17(20)15-9-14(11)18(21)16(15)10-19/h2-8,11,13-16,19H,9-10H2,1H3/b8-7+/t11-,13-,14+,15+,16+/m0/s1. The lowest BCUT2D eigenvalue weighted by molar-refractivity contribution is -0.130. The van der Waals surface area contributed by atoms with Gasteiger partial charge in [0.1, 0.15) is 11.6 Å². The van der Waals surface area contributed by atoms with Gasteiger partial charge in [0.2, 0.25) is 0 Å². The summed E-state index contributed by atoms with van der Waals surface area (Å²) in [4.78, 5) is 24.9. The van der Waals surface area contributed by atoms with Crippen molar-refractivity contribution in [2.75, 3.05) is 6.61 Å². The minimum Gasteiger partial charge on any atom is -0.396 e. The van der Waals surface area contributed by atoms with E-state index in [-0.39, 0.29) is 41.8 Å². The molecule has 3 rings (SSSR count). The Bertz CT molecular complexity index is 575. The number of rotatable bonds is 3. The van der Waals surface area contributed by atoms with Crippen LogP contribution in [-0.2, 0) is 9.59 Å². The maximum Gasteiger partial charge on any atom is 0.143 e. The van der Waals surface area contributed by atoms with Crippen molar-refractivity contribution in [2.24, 2.45) is 29.6 Å². The molecule has 0 radical (unpaired) electrons. The average molecular weight is 284 g/mol. The van der Waals surface area contributed by atoms with E-state index >= 15 is 0 Å². The average Bonchev–Trinajstić information content (AvgIpc) is 2.81. The first-order valence-electron chi connectivity index (χ1n) is 7.55. The van der Waals surface area contributed by atoms with E-state index < -0.39 is 5.92 Å². The summed E-state index contributed by atoms with van der Waals surface area (Å²) in [5.41, 5.74) is 1.06. The van der Waals surface area contributed by atoms with Crippen LogP contribution >= 0.6 is 0 Å². The van der Waals surface area contributed by atoms with Gasteiger partial charge >= 0.3 is 0 Å². The topological polar surface area (TPSA) is 54.4 Å². The summed E-state index contributed by atoms with van der Waals surface area (Å²) in [6, 6.07) is 9.85. The van der Waals surface area contributed by atoms with Crippen molar-refractivity contribution in [2.45, 2.75) is 13.3 Å². The Balaban J connectivity index is 1.85. The predicted molar refractivity (Wildman–Crippen MR) is 80.3 cm³/mol. The zero-order chi connectivity index (χ0) is 15.0. The number of hydrogen-bond donors (Lipinski definition) is 1. The Morgan fingerprint density at radius 2 is 1.86 bits per heavy atom. The third kappa shape index (κ3) is 2.36. The van der Waals surface area contributed by atoms with Gasteiger partial charge in [-0.2, -0.15) is 0 Å². The minimum atomic E-state index is -0.472. The molecule has 21 heavy (non-hydrogen) atoms. The molecule has 2 saturated carbocycles. The molecule has 3 heteroatoms. The highest BCUT2D eigenvalue weighted by molar-refractivity contribution is 5.99. The molecule has 0 aromatic heterocycles. The summed E-state index contributed by atoms with van der Waals surface area (Å²) >= 11 is 0. The second-order valence-corrected chi connectivity index (χ2v) is 6.20. The number of hydrogen-bond acceptors (Lipinski definition) is 3. The van der Waals surface area contributed by atoms with E-state index in [2.05, 4.69) is 0 Å². The summed E-state index contributed by atoms with van der Waals surface area (Å²) < 4.78 is 0. The summed E-state index contributed by atoms with van der Waals surface area (Å²) in [5, 5.41) is 9.39. The molecule has 0 heterocycles. The fourth-order valence-electron chi connectivity index (χ4n) is 3.84.